The van der Waals surface area contributed by atoms with Crippen molar-refractivity contribution in [2.75, 3.05) is 18.4 Å². The first-order chi connectivity index (χ1) is 13.5. The molecule has 0 spiro atoms. The number of carbonyl (C=O) groups excluding carboxylic acids is 3. The maximum atomic E-state index is 12.7. The van der Waals surface area contributed by atoms with Crippen LogP contribution in [0.25, 0.3) is 0 Å². The lowest BCUT2D eigenvalue weighted by molar-refractivity contribution is -0.121. The molecule has 0 atom stereocenters. The molecule has 1 aliphatic rings. The highest BCUT2D eigenvalue weighted by molar-refractivity contribution is 5.95. The molecule has 6 nitrogen and oxygen atoms in total. The molecule has 0 unspecified atom stereocenters. The lowest BCUT2D eigenvalue weighted by atomic mass is 9.95. The number of amides is 3. The summed E-state index contributed by atoms with van der Waals surface area (Å²) in [5.41, 5.74) is 2.37. The SMILES string of the molecule is CC(=O)NCc1ccc(C(=O)N2CCC(C(=O)Nc3ccccc3)CC2)cc1. The largest absolute Gasteiger partial charge is 0.352 e. The number of rotatable bonds is 5. The molecule has 1 aliphatic heterocycles. The highest BCUT2D eigenvalue weighted by Crippen LogP contribution is 2.21. The Labute approximate surface area is 164 Å². The normalized spacial score (nSPS) is 14.4. The molecule has 0 radical (unpaired) electrons. The summed E-state index contributed by atoms with van der Waals surface area (Å²) in [7, 11) is 0. The summed E-state index contributed by atoms with van der Waals surface area (Å²) >= 11 is 0. The van der Waals surface area contributed by atoms with Crippen LogP contribution < -0.4 is 10.6 Å². The average molecular weight is 379 g/mol. The zero-order valence-electron chi connectivity index (χ0n) is 16.0. The van der Waals surface area contributed by atoms with Gasteiger partial charge in [0, 0.05) is 43.7 Å². The van der Waals surface area contributed by atoms with Crippen LogP contribution >= 0.6 is 0 Å². The van der Waals surface area contributed by atoms with Gasteiger partial charge in [0.1, 0.15) is 0 Å². The molecule has 3 amide bonds. The van der Waals surface area contributed by atoms with E-state index in [2.05, 4.69) is 10.6 Å². The summed E-state index contributed by atoms with van der Waals surface area (Å²) in [6.07, 6.45) is 1.32. The third-order valence-electron chi connectivity index (χ3n) is 4.94. The highest BCUT2D eigenvalue weighted by atomic mass is 16.2. The molecule has 0 saturated carbocycles. The van der Waals surface area contributed by atoms with Gasteiger partial charge < -0.3 is 15.5 Å². The van der Waals surface area contributed by atoms with Crippen molar-refractivity contribution >= 4 is 23.4 Å². The number of hydrogen-bond donors (Lipinski definition) is 2. The van der Waals surface area contributed by atoms with E-state index in [9.17, 15) is 14.4 Å². The van der Waals surface area contributed by atoms with Gasteiger partial charge in [-0.05, 0) is 42.7 Å². The van der Waals surface area contributed by atoms with E-state index in [0.717, 1.165) is 11.3 Å². The fraction of sp³-hybridized carbons (Fsp3) is 0.318. The Balaban J connectivity index is 1.50. The molecule has 2 aromatic rings. The monoisotopic (exact) mass is 379 g/mol. The van der Waals surface area contributed by atoms with Gasteiger partial charge in [0.25, 0.3) is 5.91 Å². The van der Waals surface area contributed by atoms with Gasteiger partial charge in [0.05, 0.1) is 0 Å². The van der Waals surface area contributed by atoms with Gasteiger partial charge in [0.2, 0.25) is 11.8 Å². The average Bonchev–Trinajstić information content (AvgIpc) is 2.73. The maximum absolute atomic E-state index is 12.7. The number of nitrogens with zero attached hydrogens (tertiary/aromatic N) is 1. The Morgan fingerprint density at radius 1 is 0.964 bits per heavy atom. The smallest absolute Gasteiger partial charge is 0.253 e. The maximum Gasteiger partial charge on any atom is 0.253 e. The zero-order valence-corrected chi connectivity index (χ0v) is 16.0. The third-order valence-corrected chi connectivity index (χ3v) is 4.94. The fourth-order valence-corrected chi connectivity index (χ4v) is 3.28. The number of hydrogen-bond acceptors (Lipinski definition) is 3. The van der Waals surface area contributed by atoms with Crippen LogP contribution in [0.3, 0.4) is 0 Å². The van der Waals surface area contributed by atoms with Crippen LogP contribution in [0.2, 0.25) is 0 Å². The van der Waals surface area contributed by atoms with Crippen LogP contribution in [0, 0.1) is 5.92 Å². The van der Waals surface area contributed by atoms with Crippen molar-refractivity contribution in [2.45, 2.75) is 26.3 Å². The van der Waals surface area contributed by atoms with E-state index in [1.54, 1.807) is 17.0 Å². The van der Waals surface area contributed by atoms with Crippen LogP contribution in [-0.4, -0.2) is 35.7 Å². The second-order valence-corrected chi connectivity index (χ2v) is 7.03. The van der Waals surface area contributed by atoms with E-state index < -0.39 is 0 Å². The molecular weight excluding hydrogens is 354 g/mol. The second-order valence-electron chi connectivity index (χ2n) is 7.03. The van der Waals surface area contributed by atoms with E-state index in [0.29, 0.717) is 38.0 Å². The molecule has 2 N–H and O–H groups in total. The van der Waals surface area contributed by atoms with Gasteiger partial charge in [0.15, 0.2) is 0 Å². The van der Waals surface area contributed by atoms with E-state index in [1.165, 1.54) is 6.92 Å². The van der Waals surface area contributed by atoms with Gasteiger partial charge >= 0.3 is 0 Å². The van der Waals surface area contributed by atoms with E-state index in [4.69, 9.17) is 0 Å². The summed E-state index contributed by atoms with van der Waals surface area (Å²) in [4.78, 5) is 37.9. The summed E-state index contributed by atoms with van der Waals surface area (Å²) in [6, 6.07) is 16.7. The van der Waals surface area contributed by atoms with Crippen molar-refractivity contribution in [1.82, 2.24) is 10.2 Å². The van der Waals surface area contributed by atoms with Crippen molar-refractivity contribution < 1.29 is 14.4 Å². The van der Waals surface area contributed by atoms with Crippen LogP contribution in [0.4, 0.5) is 5.69 Å². The molecular formula is C22H25N3O3. The molecule has 28 heavy (non-hydrogen) atoms. The van der Waals surface area contributed by atoms with Crippen LogP contribution in [0.15, 0.2) is 54.6 Å². The quantitative estimate of drug-likeness (QED) is 0.838. The standard InChI is InChI=1S/C22H25N3O3/c1-16(26)23-15-17-7-9-19(10-8-17)22(28)25-13-11-18(12-14-25)21(27)24-20-5-3-2-4-6-20/h2-10,18H,11-15H2,1H3,(H,23,26)(H,24,27). The number of anilines is 1. The summed E-state index contributed by atoms with van der Waals surface area (Å²) in [5, 5.41) is 5.68. The first-order valence-electron chi connectivity index (χ1n) is 9.51. The van der Waals surface area contributed by atoms with Crippen molar-refractivity contribution in [3.05, 3.63) is 65.7 Å². The van der Waals surface area contributed by atoms with Gasteiger partial charge in [-0.2, -0.15) is 0 Å². The van der Waals surface area contributed by atoms with Crippen molar-refractivity contribution in [2.24, 2.45) is 5.92 Å². The molecule has 146 valence electrons. The van der Waals surface area contributed by atoms with Gasteiger partial charge in [-0.15, -0.1) is 0 Å². The van der Waals surface area contributed by atoms with Gasteiger partial charge in [-0.25, -0.2) is 0 Å². The van der Waals surface area contributed by atoms with Gasteiger partial charge in [-0.3, -0.25) is 14.4 Å². The first kappa shape index (κ1) is 19.6. The Kier molecular flexibility index (Phi) is 6.42. The summed E-state index contributed by atoms with van der Waals surface area (Å²) in [6.45, 7) is 3.06. The minimum atomic E-state index is -0.0840. The number of benzene rings is 2. The lowest BCUT2D eigenvalue weighted by Crippen LogP contribution is -2.41. The molecule has 1 saturated heterocycles. The number of likely N-dealkylation sites (tertiary alicyclic amines) is 1. The van der Waals surface area contributed by atoms with E-state index >= 15 is 0 Å². The van der Waals surface area contributed by atoms with E-state index in [-0.39, 0.29) is 23.6 Å². The Morgan fingerprint density at radius 3 is 2.21 bits per heavy atom. The molecule has 2 aromatic carbocycles. The van der Waals surface area contributed by atoms with Crippen LogP contribution in [0.5, 0.6) is 0 Å². The lowest BCUT2D eigenvalue weighted by Gasteiger charge is -2.31. The minimum absolute atomic E-state index is 0.0145. The van der Waals surface area contributed by atoms with Gasteiger partial charge in [-0.1, -0.05) is 30.3 Å². The predicted molar refractivity (Wildman–Crippen MR) is 108 cm³/mol. The molecule has 1 fully saturated rings. The van der Waals surface area contributed by atoms with Crippen LogP contribution in [0.1, 0.15) is 35.7 Å². The third kappa shape index (κ3) is 5.19. The molecule has 0 aromatic heterocycles. The van der Waals surface area contributed by atoms with E-state index in [1.807, 2.05) is 42.5 Å². The highest BCUT2D eigenvalue weighted by Gasteiger charge is 2.27. The Hall–Kier alpha value is -3.15. The first-order valence-corrected chi connectivity index (χ1v) is 9.51. The van der Waals surface area contributed by atoms with Crippen molar-refractivity contribution in [1.29, 1.82) is 0 Å². The van der Waals surface area contributed by atoms with Crippen molar-refractivity contribution in [3.63, 3.8) is 0 Å². The molecule has 6 heteroatoms. The number of piperidine rings is 1. The Morgan fingerprint density at radius 2 is 1.61 bits per heavy atom. The van der Waals surface area contributed by atoms with Crippen molar-refractivity contribution in [3.8, 4) is 0 Å². The van der Waals surface area contributed by atoms with Crippen LogP contribution in [-0.2, 0) is 16.1 Å². The Bertz CT molecular complexity index is 826. The molecule has 0 aliphatic carbocycles. The summed E-state index contributed by atoms with van der Waals surface area (Å²) in [5.74, 6) is -0.169. The minimum Gasteiger partial charge on any atom is -0.352 e. The molecule has 1 heterocycles. The predicted octanol–water partition coefficient (Wildman–Crippen LogP) is 2.81. The second kappa shape index (κ2) is 9.17. The summed E-state index contributed by atoms with van der Waals surface area (Å²) < 4.78 is 0. The molecule has 0 bridgehead atoms. The molecule has 3 rings (SSSR count). The number of para-hydroxylation sites is 1. The fourth-order valence-electron chi connectivity index (χ4n) is 3.28. The zero-order chi connectivity index (χ0) is 19.9. The topological polar surface area (TPSA) is 78.5 Å². The number of carbonyl (C=O) groups is 3. The number of nitrogens with one attached hydrogen (secondary N) is 2.